The highest BCUT2D eigenvalue weighted by atomic mass is 32.2. The Morgan fingerprint density at radius 2 is 2.04 bits per heavy atom. The van der Waals surface area contributed by atoms with Crippen molar-refractivity contribution in [2.75, 3.05) is 24.2 Å². The van der Waals surface area contributed by atoms with Crippen molar-refractivity contribution in [1.29, 1.82) is 0 Å². The molecule has 2 unspecified atom stereocenters. The zero-order valence-electron chi connectivity index (χ0n) is 13.2. The molecule has 1 aliphatic rings. The maximum Gasteiger partial charge on any atom is 0.308 e. The highest BCUT2D eigenvalue weighted by Crippen LogP contribution is 2.21. The summed E-state index contributed by atoms with van der Waals surface area (Å²) in [5.74, 6) is -2.13. The quantitative estimate of drug-likeness (QED) is 0.814. The van der Waals surface area contributed by atoms with Crippen LogP contribution in [0.5, 0.6) is 0 Å². The van der Waals surface area contributed by atoms with Crippen LogP contribution in [0.25, 0.3) is 0 Å². The Hall–Kier alpha value is -2.09. The summed E-state index contributed by atoms with van der Waals surface area (Å²) < 4.78 is 12.8. The van der Waals surface area contributed by atoms with Gasteiger partial charge < -0.3 is 15.3 Å². The van der Waals surface area contributed by atoms with E-state index < -0.39 is 17.1 Å². The summed E-state index contributed by atoms with van der Waals surface area (Å²) in [7, 11) is 0. The van der Waals surface area contributed by atoms with Crippen LogP contribution in [0.1, 0.15) is 13.3 Å². The van der Waals surface area contributed by atoms with E-state index in [1.54, 1.807) is 6.92 Å². The van der Waals surface area contributed by atoms with Crippen molar-refractivity contribution in [3.05, 3.63) is 30.1 Å². The summed E-state index contributed by atoms with van der Waals surface area (Å²) in [6, 6.07) is 5.42. The molecule has 0 radical (unpaired) electrons. The molecule has 0 spiro atoms. The minimum atomic E-state index is -0.885. The molecule has 1 aromatic rings. The standard InChI is InChI=1S/C16H19FN2O4S/c1-10(15(21)19-7-6-11(8-19)16(22)23)24-9-14(20)18-13-4-2-12(17)3-5-13/h2-5,10-11H,6-9H2,1H3,(H,18,20)(H,22,23). The number of hydrogen-bond acceptors (Lipinski definition) is 4. The molecule has 6 nitrogen and oxygen atoms in total. The number of carboxylic acid groups (broad SMARTS) is 1. The van der Waals surface area contributed by atoms with Crippen LogP contribution < -0.4 is 5.32 Å². The average molecular weight is 354 g/mol. The van der Waals surface area contributed by atoms with Gasteiger partial charge >= 0.3 is 5.97 Å². The largest absolute Gasteiger partial charge is 0.481 e. The third-order valence-corrected chi connectivity index (χ3v) is 4.92. The van der Waals surface area contributed by atoms with Gasteiger partial charge in [0.15, 0.2) is 0 Å². The lowest BCUT2D eigenvalue weighted by Gasteiger charge is -2.20. The van der Waals surface area contributed by atoms with Crippen molar-refractivity contribution < 1.29 is 23.9 Å². The first-order valence-electron chi connectivity index (χ1n) is 7.55. The van der Waals surface area contributed by atoms with Gasteiger partial charge in [-0.15, -0.1) is 11.8 Å². The van der Waals surface area contributed by atoms with Crippen LogP contribution in [0.3, 0.4) is 0 Å². The first-order valence-corrected chi connectivity index (χ1v) is 8.60. The number of thioether (sulfide) groups is 1. The summed E-state index contributed by atoms with van der Waals surface area (Å²) in [4.78, 5) is 36.6. The van der Waals surface area contributed by atoms with Gasteiger partial charge in [0.25, 0.3) is 0 Å². The number of benzene rings is 1. The lowest BCUT2D eigenvalue weighted by Crippen LogP contribution is -2.36. The Bertz CT molecular complexity index is 623. The number of aliphatic carboxylic acids is 1. The number of amides is 2. The van der Waals surface area contributed by atoms with Gasteiger partial charge in [-0.2, -0.15) is 0 Å². The molecule has 1 fully saturated rings. The predicted molar refractivity (Wildman–Crippen MR) is 89.3 cm³/mol. The Labute approximate surface area is 143 Å². The maximum absolute atomic E-state index is 12.8. The van der Waals surface area contributed by atoms with E-state index >= 15 is 0 Å². The number of likely N-dealkylation sites (tertiary alicyclic amines) is 1. The van der Waals surface area contributed by atoms with Gasteiger partial charge in [0.1, 0.15) is 5.82 Å². The molecule has 1 heterocycles. The predicted octanol–water partition coefficient (Wildman–Crippen LogP) is 1.82. The Morgan fingerprint density at radius 1 is 1.38 bits per heavy atom. The first kappa shape index (κ1) is 18.3. The Kier molecular flexibility index (Phi) is 6.19. The Balaban J connectivity index is 1.76. The SMILES string of the molecule is CC(SCC(=O)Nc1ccc(F)cc1)C(=O)N1CCC(C(=O)O)C1. The average Bonchev–Trinajstić information content (AvgIpc) is 3.04. The van der Waals surface area contributed by atoms with Crippen molar-refractivity contribution in [2.24, 2.45) is 5.92 Å². The van der Waals surface area contributed by atoms with Gasteiger partial charge in [0, 0.05) is 18.8 Å². The number of hydrogen-bond donors (Lipinski definition) is 2. The monoisotopic (exact) mass is 354 g/mol. The minimum Gasteiger partial charge on any atom is -0.481 e. The van der Waals surface area contributed by atoms with Crippen molar-refractivity contribution in [3.8, 4) is 0 Å². The maximum atomic E-state index is 12.8. The highest BCUT2D eigenvalue weighted by Gasteiger charge is 2.32. The van der Waals surface area contributed by atoms with Crippen LogP contribution in [-0.2, 0) is 14.4 Å². The van der Waals surface area contributed by atoms with Crippen LogP contribution in [-0.4, -0.2) is 51.9 Å². The van der Waals surface area contributed by atoms with E-state index in [0.717, 1.165) is 0 Å². The Morgan fingerprint density at radius 3 is 2.62 bits per heavy atom. The molecule has 2 rings (SSSR count). The van der Waals surface area contributed by atoms with E-state index in [9.17, 15) is 18.8 Å². The normalized spacial score (nSPS) is 18.2. The third-order valence-electron chi connectivity index (χ3n) is 3.79. The number of carboxylic acids is 1. The lowest BCUT2D eigenvalue weighted by atomic mass is 10.1. The van der Waals surface area contributed by atoms with Crippen LogP contribution in [0.15, 0.2) is 24.3 Å². The number of carbonyl (C=O) groups is 3. The molecule has 130 valence electrons. The van der Waals surface area contributed by atoms with Crippen molar-refractivity contribution >= 4 is 35.2 Å². The van der Waals surface area contributed by atoms with E-state index in [1.165, 1.54) is 40.9 Å². The summed E-state index contributed by atoms with van der Waals surface area (Å²) in [6.07, 6.45) is 0.462. The summed E-state index contributed by atoms with van der Waals surface area (Å²) in [5, 5.41) is 11.2. The number of anilines is 1. The highest BCUT2D eigenvalue weighted by molar-refractivity contribution is 8.01. The molecular weight excluding hydrogens is 335 g/mol. The molecule has 24 heavy (non-hydrogen) atoms. The number of carbonyl (C=O) groups excluding carboxylic acids is 2. The lowest BCUT2D eigenvalue weighted by molar-refractivity contribution is -0.141. The fourth-order valence-corrected chi connectivity index (χ4v) is 3.19. The molecule has 1 aliphatic heterocycles. The second-order valence-electron chi connectivity index (χ2n) is 5.62. The second-order valence-corrected chi connectivity index (χ2v) is 6.95. The van der Waals surface area contributed by atoms with Gasteiger partial charge in [-0.05, 0) is 37.6 Å². The van der Waals surface area contributed by atoms with E-state index in [0.29, 0.717) is 18.7 Å². The van der Waals surface area contributed by atoms with E-state index in [4.69, 9.17) is 5.11 Å². The van der Waals surface area contributed by atoms with Gasteiger partial charge in [-0.3, -0.25) is 14.4 Å². The summed E-state index contributed by atoms with van der Waals surface area (Å²) in [6.45, 7) is 2.36. The summed E-state index contributed by atoms with van der Waals surface area (Å²) >= 11 is 1.19. The van der Waals surface area contributed by atoms with Crippen LogP contribution in [0.4, 0.5) is 10.1 Å². The number of rotatable bonds is 6. The third kappa shape index (κ3) is 4.95. The smallest absolute Gasteiger partial charge is 0.308 e. The number of nitrogens with one attached hydrogen (secondary N) is 1. The zero-order chi connectivity index (χ0) is 17.7. The fraction of sp³-hybridized carbons (Fsp3) is 0.438. The van der Waals surface area contributed by atoms with Crippen molar-refractivity contribution in [3.63, 3.8) is 0 Å². The molecule has 0 aromatic heterocycles. The molecule has 1 aromatic carbocycles. The molecule has 0 saturated carbocycles. The molecule has 8 heteroatoms. The van der Waals surface area contributed by atoms with Gasteiger partial charge in [-0.1, -0.05) is 0 Å². The fourth-order valence-electron chi connectivity index (χ4n) is 2.42. The molecule has 2 amide bonds. The topological polar surface area (TPSA) is 86.7 Å². The van der Waals surface area contributed by atoms with Crippen LogP contribution in [0.2, 0.25) is 0 Å². The van der Waals surface area contributed by atoms with E-state index in [2.05, 4.69) is 5.32 Å². The van der Waals surface area contributed by atoms with Crippen LogP contribution in [0, 0.1) is 11.7 Å². The minimum absolute atomic E-state index is 0.0838. The summed E-state index contributed by atoms with van der Waals surface area (Å²) in [5.41, 5.74) is 0.491. The molecule has 0 bridgehead atoms. The second kappa shape index (κ2) is 8.14. The molecule has 2 atom stereocenters. The molecule has 2 N–H and O–H groups in total. The molecule has 0 aliphatic carbocycles. The number of nitrogens with zero attached hydrogens (tertiary/aromatic N) is 1. The first-order chi connectivity index (χ1) is 11.4. The van der Waals surface area contributed by atoms with E-state index in [1.807, 2.05) is 0 Å². The molecular formula is C16H19FN2O4S. The van der Waals surface area contributed by atoms with E-state index in [-0.39, 0.29) is 29.9 Å². The van der Waals surface area contributed by atoms with Crippen LogP contribution >= 0.6 is 11.8 Å². The number of halogens is 1. The van der Waals surface area contributed by atoms with Gasteiger partial charge in [0.2, 0.25) is 11.8 Å². The zero-order valence-corrected chi connectivity index (χ0v) is 14.0. The van der Waals surface area contributed by atoms with Gasteiger partial charge in [0.05, 0.1) is 16.9 Å². The van der Waals surface area contributed by atoms with Crippen molar-refractivity contribution in [1.82, 2.24) is 4.90 Å². The van der Waals surface area contributed by atoms with Gasteiger partial charge in [-0.25, -0.2) is 4.39 Å². The molecule has 1 saturated heterocycles. The van der Waals surface area contributed by atoms with Crippen molar-refractivity contribution in [2.45, 2.75) is 18.6 Å².